The van der Waals surface area contributed by atoms with Gasteiger partial charge < -0.3 is 15.7 Å². The highest BCUT2D eigenvalue weighted by Gasteiger charge is 2.37. The number of hydrogen-bond acceptors (Lipinski definition) is 4. The van der Waals surface area contributed by atoms with Gasteiger partial charge >= 0.3 is 5.97 Å². The molecule has 0 rings (SSSR count). The molecule has 0 saturated carbocycles. The highest BCUT2D eigenvalue weighted by molar-refractivity contribution is 5.93. The standard InChI is InChI=1S/C16H32N2O3/c1-7-15(4,8-2)18-12(10-11-13(19)20)14(21)16(5,9-3)17-6/h12,17-18H,7-11H2,1-6H3,(H,19,20). The molecular formula is C16H32N2O3. The minimum atomic E-state index is -0.869. The topological polar surface area (TPSA) is 78.4 Å². The molecule has 0 aliphatic heterocycles. The van der Waals surface area contributed by atoms with E-state index in [-0.39, 0.29) is 17.7 Å². The van der Waals surface area contributed by atoms with Crippen molar-refractivity contribution in [3.8, 4) is 0 Å². The maximum Gasteiger partial charge on any atom is 0.303 e. The first kappa shape index (κ1) is 20.1. The van der Waals surface area contributed by atoms with E-state index >= 15 is 0 Å². The van der Waals surface area contributed by atoms with Crippen molar-refractivity contribution in [2.24, 2.45) is 0 Å². The van der Waals surface area contributed by atoms with Gasteiger partial charge in [-0.15, -0.1) is 0 Å². The molecule has 0 aromatic carbocycles. The van der Waals surface area contributed by atoms with Gasteiger partial charge in [-0.2, -0.15) is 0 Å². The number of likely N-dealkylation sites (N-methyl/N-ethyl adjacent to an activating group) is 1. The molecule has 0 amide bonds. The Kier molecular flexibility index (Phi) is 8.11. The van der Waals surface area contributed by atoms with Crippen molar-refractivity contribution in [2.75, 3.05) is 7.05 Å². The number of hydrogen-bond donors (Lipinski definition) is 3. The summed E-state index contributed by atoms with van der Waals surface area (Å²) >= 11 is 0. The van der Waals surface area contributed by atoms with Gasteiger partial charge in [0.25, 0.3) is 0 Å². The second kappa shape index (κ2) is 8.49. The van der Waals surface area contributed by atoms with Crippen molar-refractivity contribution in [1.82, 2.24) is 10.6 Å². The third-order valence-corrected chi connectivity index (χ3v) is 4.85. The van der Waals surface area contributed by atoms with Crippen LogP contribution < -0.4 is 10.6 Å². The third-order valence-electron chi connectivity index (χ3n) is 4.85. The molecule has 0 fully saturated rings. The van der Waals surface area contributed by atoms with Crippen molar-refractivity contribution in [1.29, 1.82) is 0 Å². The lowest BCUT2D eigenvalue weighted by molar-refractivity contribution is -0.137. The largest absolute Gasteiger partial charge is 0.481 e. The summed E-state index contributed by atoms with van der Waals surface area (Å²) in [6, 6.07) is -0.441. The minimum Gasteiger partial charge on any atom is -0.481 e. The number of rotatable bonds is 11. The Morgan fingerprint density at radius 2 is 1.62 bits per heavy atom. The first-order chi connectivity index (χ1) is 9.67. The van der Waals surface area contributed by atoms with E-state index in [0.29, 0.717) is 12.8 Å². The van der Waals surface area contributed by atoms with Gasteiger partial charge in [-0.25, -0.2) is 0 Å². The molecule has 0 aromatic rings. The summed E-state index contributed by atoms with van der Waals surface area (Å²) in [5.74, 6) is -0.825. The van der Waals surface area contributed by atoms with Crippen LogP contribution in [0, 0.1) is 0 Å². The highest BCUT2D eigenvalue weighted by Crippen LogP contribution is 2.20. The van der Waals surface area contributed by atoms with Gasteiger partial charge in [0, 0.05) is 12.0 Å². The molecule has 3 N–H and O–H groups in total. The lowest BCUT2D eigenvalue weighted by atomic mass is 9.84. The molecule has 0 aliphatic carbocycles. The van der Waals surface area contributed by atoms with Gasteiger partial charge in [-0.1, -0.05) is 20.8 Å². The number of carbonyl (C=O) groups is 2. The summed E-state index contributed by atoms with van der Waals surface area (Å²) in [5.41, 5.74) is -0.778. The monoisotopic (exact) mass is 300 g/mol. The maximum atomic E-state index is 12.8. The molecular weight excluding hydrogens is 268 g/mol. The van der Waals surface area contributed by atoms with Gasteiger partial charge in [0.05, 0.1) is 11.6 Å². The van der Waals surface area contributed by atoms with Crippen LogP contribution in [0.1, 0.15) is 66.7 Å². The Labute approximate surface area is 128 Å². The molecule has 0 saturated heterocycles. The molecule has 5 nitrogen and oxygen atoms in total. The summed E-state index contributed by atoms with van der Waals surface area (Å²) in [6.07, 6.45) is 2.77. The Morgan fingerprint density at radius 3 is 1.95 bits per heavy atom. The molecule has 2 atom stereocenters. The second-order valence-electron chi connectivity index (χ2n) is 6.20. The van der Waals surface area contributed by atoms with E-state index in [4.69, 9.17) is 5.11 Å². The SMILES string of the molecule is CCC(C)(CC)NC(CCC(=O)O)C(=O)C(C)(CC)NC. The predicted octanol–water partition coefficient (Wildman–Crippen LogP) is 2.35. The molecule has 0 spiro atoms. The van der Waals surface area contributed by atoms with E-state index in [1.165, 1.54) is 0 Å². The first-order valence-corrected chi connectivity index (χ1v) is 7.90. The van der Waals surface area contributed by atoms with E-state index < -0.39 is 17.6 Å². The normalized spacial score (nSPS) is 16.3. The van der Waals surface area contributed by atoms with Gasteiger partial charge in [-0.3, -0.25) is 9.59 Å². The van der Waals surface area contributed by atoms with Crippen LogP contribution in [0.15, 0.2) is 0 Å². The van der Waals surface area contributed by atoms with Crippen LogP contribution in [0.3, 0.4) is 0 Å². The van der Waals surface area contributed by atoms with Crippen LogP contribution in [-0.2, 0) is 9.59 Å². The van der Waals surface area contributed by atoms with Crippen LogP contribution in [0.4, 0.5) is 0 Å². The smallest absolute Gasteiger partial charge is 0.303 e. The molecule has 124 valence electrons. The van der Waals surface area contributed by atoms with Crippen LogP contribution in [0.25, 0.3) is 0 Å². The van der Waals surface area contributed by atoms with Crippen molar-refractivity contribution in [3.05, 3.63) is 0 Å². The molecule has 0 aliphatic rings. The van der Waals surface area contributed by atoms with Gasteiger partial charge in [0.15, 0.2) is 5.78 Å². The molecule has 0 aromatic heterocycles. The lowest BCUT2D eigenvalue weighted by Gasteiger charge is -2.37. The zero-order chi connectivity index (χ0) is 16.7. The fraction of sp³-hybridized carbons (Fsp3) is 0.875. The maximum absolute atomic E-state index is 12.8. The Balaban J connectivity index is 5.22. The number of carboxylic acids is 1. The third kappa shape index (κ3) is 5.75. The Morgan fingerprint density at radius 1 is 1.10 bits per heavy atom. The Bertz CT molecular complexity index is 347. The van der Waals surface area contributed by atoms with Crippen LogP contribution >= 0.6 is 0 Å². The van der Waals surface area contributed by atoms with Crippen molar-refractivity contribution < 1.29 is 14.7 Å². The van der Waals surface area contributed by atoms with Crippen molar-refractivity contribution in [2.45, 2.75) is 83.8 Å². The quantitative estimate of drug-likeness (QED) is 0.546. The Hall–Kier alpha value is -0.940. The summed E-state index contributed by atoms with van der Waals surface area (Å²) in [4.78, 5) is 23.7. The van der Waals surface area contributed by atoms with E-state index in [2.05, 4.69) is 31.4 Å². The minimum absolute atomic E-state index is 0.00355. The van der Waals surface area contributed by atoms with Crippen LogP contribution in [-0.4, -0.2) is 41.0 Å². The zero-order valence-electron chi connectivity index (χ0n) is 14.4. The predicted molar refractivity (Wildman–Crippen MR) is 85.5 cm³/mol. The van der Waals surface area contributed by atoms with E-state index in [9.17, 15) is 9.59 Å². The number of ketones is 1. The number of aliphatic carboxylic acids is 1. The summed E-state index contributed by atoms with van der Waals surface area (Å²) in [7, 11) is 1.77. The van der Waals surface area contributed by atoms with E-state index in [0.717, 1.165) is 12.8 Å². The summed E-state index contributed by atoms with van der Waals surface area (Å²) < 4.78 is 0. The number of nitrogens with one attached hydrogen (secondary N) is 2. The summed E-state index contributed by atoms with van der Waals surface area (Å²) in [5, 5.41) is 15.4. The zero-order valence-corrected chi connectivity index (χ0v) is 14.4. The number of carbonyl (C=O) groups excluding carboxylic acids is 1. The van der Waals surface area contributed by atoms with Gasteiger partial charge in [-0.05, 0) is 46.6 Å². The average Bonchev–Trinajstić information content (AvgIpc) is 2.49. The molecule has 2 unspecified atom stereocenters. The molecule has 0 radical (unpaired) electrons. The highest BCUT2D eigenvalue weighted by atomic mass is 16.4. The van der Waals surface area contributed by atoms with Crippen LogP contribution in [0.5, 0.6) is 0 Å². The number of Topliss-reactive ketones (excluding diaryl/α,β-unsaturated/α-hetero) is 1. The fourth-order valence-electron chi connectivity index (χ4n) is 2.27. The molecule has 0 bridgehead atoms. The van der Waals surface area contributed by atoms with Gasteiger partial charge in [0.2, 0.25) is 0 Å². The van der Waals surface area contributed by atoms with E-state index in [1.54, 1.807) is 7.05 Å². The van der Waals surface area contributed by atoms with Crippen LogP contribution in [0.2, 0.25) is 0 Å². The first-order valence-electron chi connectivity index (χ1n) is 7.90. The van der Waals surface area contributed by atoms with Crippen molar-refractivity contribution >= 4 is 11.8 Å². The summed E-state index contributed by atoms with van der Waals surface area (Å²) in [6.45, 7) is 10.1. The molecule has 0 heterocycles. The molecule has 5 heteroatoms. The van der Waals surface area contributed by atoms with E-state index in [1.807, 2.05) is 13.8 Å². The lowest BCUT2D eigenvalue weighted by Crippen LogP contribution is -2.59. The van der Waals surface area contributed by atoms with Crippen molar-refractivity contribution in [3.63, 3.8) is 0 Å². The molecule has 21 heavy (non-hydrogen) atoms. The number of carboxylic acid groups (broad SMARTS) is 1. The second-order valence-corrected chi connectivity index (χ2v) is 6.20. The van der Waals surface area contributed by atoms with Gasteiger partial charge in [0.1, 0.15) is 0 Å². The fourth-order valence-corrected chi connectivity index (χ4v) is 2.27. The average molecular weight is 300 g/mol.